The first-order valence-corrected chi connectivity index (χ1v) is 8.23. The molecule has 4 heteroatoms. The van der Waals surface area contributed by atoms with Crippen LogP contribution >= 0.6 is 27.3 Å². The number of nitrogens with one attached hydrogen (secondary N) is 1. The third-order valence-electron chi connectivity index (χ3n) is 2.95. The van der Waals surface area contributed by atoms with Crippen LogP contribution in [0.25, 0.3) is 0 Å². The van der Waals surface area contributed by atoms with Gasteiger partial charge in [-0.15, -0.1) is 11.3 Å². The molecule has 0 saturated heterocycles. The van der Waals surface area contributed by atoms with E-state index in [2.05, 4.69) is 69.7 Å². The molecule has 2 nitrogen and oxygen atoms in total. The summed E-state index contributed by atoms with van der Waals surface area (Å²) in [5.74, 6) is 0. The number of halogens is 1. The van der Waals surface area contributed by atoms with Crippen LogP contribution in [-0.4, -0.2) is 17.6 Å². The molecule has 0 spiro atoms. The monoisotopic (exact) mass is 338 g/mol. The smallest absolute Gasteiger partial charge is 0.0943 e. The first kappa shape index (κ1) is 14.7. The molecular weight excluding hydrogens is 320 g/mol. The van der Waals surface area contributed by atoms with E-state index in [1.165, 1.54) is 10.6 Å². The Kier molecular flexibility index (Phi) is 5.55. The number of rotatable bonds is 6. The molecule has 102 valence electrons. The highest BCUT2D eigenvalue weighted by molar-refractivity contribution is 9.10. The van der Waals surface area contributed by atoms with Crippen molar-refractivity contribution in [1.29, 1.82) is 0 Å². The van der Waals surface area contributed by atoms with Crippen molar-refractivity contribution in [3.05, 3.63) is 50.4 Å². The van der Waals surface area contributed by atoms with Crippen molar-refractivity contribution in [3.63, 3.8) is 0 Å². The first-order chi connectivity index (χ1) is 9.17. The van der Waals surface area contributed by atoms with Gasteiger partial charge in [-0.05, 0) is 37.6 Å². The Morgan fingerprint density at radius 3 is 2.84 bits per heavy atom. The Morgan fingerprint density at radius 1 is 1.37 bits per heavy atom. The van der Waals surface area contributed by atoms with Crippen LogP contribution in [0.2, 0.25) is 0 Å². The van der Waals surface area contributed by atoms with Crippen LogP contribution in [0, 0.1) is 6.92 Å². The van der Waals surface area contributed by atoms with E-state index in [0.29, 0.717) is 6.04 Å². The molecule has 0 bridgehead atoms. The number of hydrogen-bond donors (Lipinski definition) is 1. The third-order valence-corrected chi connectivity index (χ3v) is 4.43. The van der Waals surface area contributed by atoms with Gasteiger partial charge >= 0.3 is 0 Å². The lowest BCUT2D eigenvalue weighted by molar-refractivity contribution is 0.520. The van der Waals surface area contributed by atoms with E-state index in [0.717, 1.165) is 29.6 Å². The van der Waals surface area contributed by atoms with E-state index in [1.54, 1.807) is 11.3 Å². The van der Waals surface area contributed by atoms with Crippen molar-refractivity contribution in [3.8, 4) is 0 Å². The fraction of sp³-hybridized carbons (Fsp3) is 0.400. The molecule has 2 rings (SSSR count). The Balaban J connectivity index is 2.03. The van der Waals surface area contributed by atoms with Crippen molar-refractivity contribution in [2.45, 2.75) is 32.7 Å². The van der Waals surface area contributed by atoms with Crippen LogP contribution in [-0.2, 0) is 12.8 Å². The standard InChI is InChI=1S/C15H19BrN2S/c1-3-17-14(9-15-18-11(2)10-19-15)8-12-5-4-6-13(16)7-12/h4-7,10,14,17H,3,8-9H2,1-2H3. The van der Waals surface area contributed by atoms with Crippen LogP contribution in [0.1, 0.15) is 23.2 Å². The van der Waals surface area contributed by atoms with Gasteiger partial charge in [0.05, 0.1) is 5.01 Å². The van der Waals surface area contributed by atoms with Crippen LogP contribution in [0.5, 0.6) is 0 Å². The van der Waals surface area contributed by atoms with Crippen LogP contribution in [0.15, 0.2) is 34.1 Å². The van der Waals surface area contributed by atoms with Gasteiger partial charge in [-0.2, -0.15) is 0 Å². The molecular formula is C15H19BrN2S. The van der Waals surface area contributed by atoms with Gasteiger partial charge in [0.25, 0.3) is 0 Å². The van der Waals surface area contributed by atoms with Crippen LogP contribution < -0.4 is 5.32 Å². The molecule has 0 saturated carbocycles. The highest BCUT2D eigenvalue weighted by Gasteiger charge is 2.11. The molecule has 0 aliphatic heterocycles. The molecule has 1 aromatic carbocycles. The number of benzene rings is 1. The molecule has 1 atom stereocenters. The summed E-state index contributed by atoms with van der Waals surface area (Å²) in [5.41, 5.74) is 2.48. The molecule has 0 amide bonds. The predicted octanol–water partition coefficient (Wildman–Crippen LogP) is 3.98. The van der Waals surface area contributed by atoms with Crippen molar-refractivity contribution in [2.75, 3.05) is 6.54 Å². The molecule has 0 aliphatic carbocycles. The van der Waals surface area contributed by atoms with E-state index < -0.39 is 0 Å². The SMILES string of the molecule is CCNC(Cc1cccc(Br)c1)Cc1nc(C)cs1. The van der Waals surface area contributed by atoms with Crippen molar-refractivity contribution in [2.24, 2.45) is 0 Å². The summed E-state index contributed by atoms with van der Waals surface area (Å²) in [4.78, 5) is 4.56. The molecule has 1 unspecified atom stereocenters. The summed E-state index contributed by atoms with van der Waals surface area (Å²) < 4.78 is 1.14. The second kappa shape index (κ2) is 7.17. The topological polar surface area (TPSA) is 24.9 Å². The van der Waals surface area contributed by atoms with Gasteiger partial charge < -0.3 is 5.32 Å². The number of aryl methyl sites for hydroxylation is 1. The zero-order valence-corrected chi connectivity index (χ0v) is 13.7. The van der Waals surface area contributed by atoms with E-state index in [-0.39, 0.29) is 0 Å². The number of aromatic nitrogens is 1. The largest absolute Gasteiger partial charge is 0.314 e. The van der Waals surface area contributed by atoms with E-state index >= 15 is 0 Å². The van der Waals surface area contributed by atoms with Crippen molar-refractivity contribution >= 4 is 27.3 Å². The maximum absolute atomic E-state index is 4.56. The molecule has 1 heterocycles. The highest BCUT2D eigenvalue weighted by atomic mass is 79.9. The quantitative estimate of drug-likeness (QED) is 0.861. The van der Waals surface area contributed by atoms with Crippen molar-refractivity contribution < 1.29 is 0 Å². The minimum atomic E-state index is 0.449. The molecule has 2 aromatic rings. The van der Waals surface area contributed by atoms with Gasteiger partial charge in [0, 0.05) is 28.0 Å². The lowest BCUT2D eigenvalue weighted by atomic mass is 10.0. The lowest BCUT2D eigenvalue weighted by Gasteiger charge is -2.17. The molecule has 1 aromatic heterocycles. The Bertz CT molecular complexity index is 524. The second-order valence-electron chi connectivity index (χ2n) is 4.68. The summed E-state index contributed by atoms with van der Waals surface area (Å²) in [5, 5.41) is 6.90. The summed E-state index contributed by atoms with van der Waals surface area (Å²) in [6, 6.07) is 8.98. The summed E-state index contributed by atoms with van der Waals surface area (Å²) >= 11 is 5.29. The second-order valence-corrected chi connectivity index (χ2v) is 6.53. The Labute approximate surface area is 127 Å². The van der Waals surface area contributed by atoms with Gasteiger partial charge in [0.2, 0.25) is 0 Å². The number of nitrogens with zero attached hydrogens (tertiary/aromatic N) is 1. The average molecular weight is 339 g/mol. The van der Waals surface area contributed by atoms with Crippen molar-refractivity contribution in [1.82, 2.24) is 10.3 Å². The minimum Gasteiger partial charge on any atom is -0.314 e. The molecule has 19 heavy (non-hydrogen) atoms. The third kappa shape index (κ3) is 4.71. The highest BCUT2D eigenvalue weighted by Crippen LogP contribution is 2.16. The molecule has 0 aliphatic rings. The summed E-state index contributed by atoms with van der Waals surface area (Å²) in [7, 11) is 0. The van der Waals surface area contributed by atoms with E-state index in [9.17, 15) is 0 Å². The number of likely N-dealkylation sites (N-methyl/N-ethyl adjacent to an activating group) is 1. The average Bonchev–Trinajstić information content (AvgIpc) is 2.75. The first-order valence-electron chi connectivity index (χ1n) is 6.56. The van der Waals surface area contributed by atoms with Gasteiger partial charge in [-0.1, -0.05) is 35.0 Å². The molecule has 0 fully saturated rings. The fourth-order valence-corrected chi connectivity index (χ4v) is 3.46. The lowest BCUT2D eigenvalue weighted by Crippen LogP contribution is -2.33. The Morgan fingerprint density at radius 2 is 2.21 bits per heavy atom. The number of hydrogen-bond acceptors (Lipinski definition) is 3. The van der Waals surface area contributed by atoms with Gasteiger partial charge in [0.15, 0.2) is 0 Å². The fourth-order valence-electron chi connectivity index (χ4n) is 2.16. The van der Waals surface area contributed by atoms with Gasteiger partial charge in [0.1, 0.15) is 0 Å². The zero-order valence-electron chi connectivity index (χ0n) is 11.3. The Hall–Kier alpha value is -0.710. The van der Waals surface area contributed by atoms with E-state index in [4.69, 9.17) is 0 Å². The van der Waals surface area contributed by atoms with Gasteiger partial charge in [-0.25, -0.2) is 4.98 Å². The zero-order chi connectivity index (χ0) is 13.7. The molecule has 0 radical (unpaired) electrons. The van der Waals surface area contributed by atoms with E-state index in [1.807, 2.05) is 0 Å². The maximum Gasteiger partial charge on any atom is 0.0943 e. The molecule has 1 N–H and O–H groups in total. The number of thiazole rings is 1. The minimum absolute atomic E-state index is 0.449. The predicted molar refractivity (Wildman–Crippen MR) is 85.9 cm³/mol. The summed E-state index contributed by atoms with van der Waals surface area (Å²) in [6.07, 6.45) is 2.03. The van der Waals surface area contributed by atoms with Gasteiger partial charge in [-0.3, -0.25) is 0 Å². The summed E-state index contributed by atoms with van der Waals surface area (Å²) in [6.45, 7) is 5.20. The normalized spacial score (nSPS) is 12.6. The maximum atomic E-state index is 4.56. The van der Waals surface area contributed by atoms with Crippen LogP contribution in [0.3, 0.4) is 0 Å². The van der Waals surface area contributed by atoms with Crippen LogP contribution in [0.4, 0.5) is 0 Å².